The molecule has 3 heteroatoms. The van der Waals surface area contributed by atoms with Gasteiger partial charge in [0.05, 0.1) is 0 Å². The first-order chi connectivity index (χ1) is 7.19. The molecule has 0 aliphatic heterocycles. The van der Waals surface area contributed by atoms with Crippen molar-refractivity contribution in [3.05, 3.63) is 23.9 Å². The van der Waals surface area contributed by atoms with E-state index in [-0.39, 0.29) is 0 Å². The van der Waals surface area contributed by atoms with Crippen molar-refractivity contribution in [1.29, 1.82) is 5.41 Å². The molecule has 1 heterocycles. The Hall–Kier alpha value is -1.38. The number of aromatic nitrogens is 1. The highest BCUT2D eigenvalue weighted by Crippen LogP contribution is 2.15. The Balaban J connectivity index is 2.88. The Morgan fingerprint density at radius 1 is 1.47 bits per heavy atom. The summed E-state index contributed by atoms with van der Waals surface area (Å²) in [5.74, 6) is 0.832. The summed E-state index contributed by atoms with van der Waals surface area (Å²) in [6, 6.07) is 4.24. The first-order valence-corrected chi connectivity index (χ1v) is 5.46. The van der Waals surface area contributed by atoms with Crippen molar-refractivity contribution < 1.29 is 0 Å². The summed E-state index contributed by atoms with van der Waals surface area (Å²) >= 11 is 0. The summed E-state index contributed by atoms with van der Waals surface area (Å²) in [7, 11) is 0. The summed E-state index contributed by atoms with van der Waals surface area (Å²) in [5, 5.41) is 11.0. The van der Waals surface area contributed by atoms with Crippen LogP contribution in [0.4, 0.5) is 5.82 Å². The van der Waals surface area contributed by atoms with Gasteiger partial charge in [-0.2, -0.15) is 0 Å². The van der Waals surface area contributed by atoms with E-state index in [1.54, 1.807) is 13.1 Å². The van der Waals surface area contributed by atoms with Gasteiger partial charge in [-0.3, -0.25) is 0 Å². The van der Waals surface area contributed by atoms with E-state index in [0.717, 1.165) is 24.2 Å². The fraction of sp³-hybridized carbons (Fsp3) is 0.500. The summed E-state index contributed by atoms with van der Waals surface area (Å²) < 4.78 is 0. The van der Waals surface area contributed by atoms with E-state index in [1.165, 1.54) is 0 Å². The number of nitrogens with zero attached hydrogens (tertiary/aromatic N) is 1. The van der Waals surface area contributed by atoms with Crippen molar-refractivity contribution in [3.63, 3.8) is 0 Å². The normalized spacial score (nSPS) is 10.4. The van der Waals surface area contributed by atoms with Crippen molar-refractivity contribution in [2.24, 2.45) is 0 Å². The number of rotatable bonds is 5. The molecule has 0 bridgehead atoms. The van der Waals surface area contributed by atoms with Gasteiger partial charge in [0.2, 0.25) is 0 Å². The Morgan fingerprint density at radius 2 is 2.13 bits per heavy atom. The molecule has 1 aromatic rings. The molecule has 0 saturated carbocycles. The predicted octanol–water partition coefficient (Wildman–Crippen LogP) is 3.07. The highest BCUT2D eigenvalue weighted by atomic mass is 15.0. The summed E-state index contributed by atoms with van der Waals surface area (Å²) in [4.78, 5) is 4.28. The molecule has 0 aliphatic carbocycles. The lowest BCUT2D eigenvalue weighted by Crippen LogP contribution is -2.19. The first-order valence-electron chi connectivity index (χ1n) is 5.46. The van der Waals surface area contributed by atoms with E-state index in [1.807, 2.05) is 12.1 Å². The fourth-order valence-corrected chi connectivity index (χ4v) is 1.51. The van der Waals surface area contributed by atoms with Crippen molar-refractivity contribution in [1.82, 2.24) is 4.98 Å². The largest absolute Gasteiger partial charge is 0.367 e. The number of anilines is 1. The minimum Gasteiger partial charge on any atom is -0.367 e. The summed E-state index contributed by atoms with van der Waals surface area (Å²) in [6.07, 6.45) is 3.91. The zero-order chi connectivity index (χ0) is 11.3. The molecule has 0 atom stereocenters. The lowest BCUT2D eigenvalue weighted by molar-refractivity contribution is 0.668. The SMILES string of the molecule is CCC(CC)Nc1ncccc1C(C)=N. The standard InChI is InChI=1S/C12H19N3/c1-4-10(5-2)15-12-11(9(3)13)7-6-8-14-12/h6-8,10,13H,4-5H2,1-3H3,(H,14,15). The van der Waals surface area contributed by atoms with Crippen molar-refractivity contribution in [2.45, 2.75) is 39.7 Å². The first kappa shape index (κ1) is 11.7. The quantitative estimate of drug-likeness (QED) is 0.726. The van der Waals surface area contributed by atoms with Crippen molar-refractivity contribution in [3.8, 4) is 0 Å². The van der Waals surface area contributed by atoms with Gasteiger partial charge in [0, 0.05) is 23.5 Å². The molecule has 0 amide bonds. The van der Waals surface area contributed by atoms with Gasteiger partial charge in [0.15, 0.2) is 0 Å². The van der Waals surface area contributed by atoms with Crippen LogP contribution in [0.5, 0.6) is 0 Å². The van der Waals surface area contributed by atoms with Gasteiger partial charge in [-0.05, 0) is 31.9 Å². The van der Waals surface area contributed by atoms with Crippen LogP contribution < -0.4 is 5.32 Å². The van der Waals surface area contributed by atoms with Crippen LogP contribution in [0.3, 0.4) is 0 Å². The highest BCUT2D eigenvalue weighted by molar-refractivity contribution is 6.00. The molecule has 2 N–H and O–H groups in total. The Bertz CT molecular complexity index is 329. The van der Waals surface area contributed by atoms with Gasteiger partial charge in [-0.15, -0.1) is 0 Å². The molecule has 15 heavy (non-hydrogen) atoms. The lowest BCUT2D eigenvalue weighted by atomic mass is 10.1. The molecule has 0 aliphatic rings. The minimum atomic E-state index is 0.443. The maximum atomic E-state index is 7.65. The molecule has 0 radical (unpaired) electrons. The number of pyridine rings is 1. The molecule has 3 nitrogen and oxygen atoms in total. The second-order valence-corrected chi connectivity index (χ2v) is 3.68. The molecular weight excluding hydrogens is 186 g/mol. The van der Waals surface area contributed by atoms with Crippen LogP contribution in [0, 0.1) is 5.41 Å². The predicted molar refractivity (Wildman–Crippen MR) is 64.7 cm³/mol. The number of hydrogen-bond acceptors (Lipinski definition) is 3. The topological polar surface area (TPSA) is 48.8 Å². The lowest BCUT2D eigenvalue weighted by Gasteiger charge is -2.17. The molecule has 1 rings (SSSR count). The Kier molecular flexibility index (Phi) is 4.28. The van der Waals surface area contributed by atoms with E-state index in [9.17, 15) is 0 Å². The molecule has 0 aromatic carbocycles. The van der Waals surface area contributed by atoms with E-state index >= 15 is 0 Å². The molecule has 0 saturated heterocycles. The van der Waals surface area contributed by atoms with Crippen molar-refractivity contribution in [2.75, 3.05) is 5.32 Å². The zero-order valence-electron chi connectivity index (χ0n) is 9.67. The second kappa shape index (κ2) is 5.49. The monoisotopic (exact) mass is 205 g/mol. The summed E-state index contributed by atoms with van der Waals surface area (Å²) in [6.45, 7) is 6.09. The molecule has 0 fully saturated rings. The minimum absolute atomic E-state index is 0.443. The van der Waals surface area contributed by atoms with E-state index < -0.39 is 0 Å². The molecule has 1 aromatic heterocycles. The molecule has 0 spiro atoms. The van der Waals surface area contributed by atoms with Gasteiger partial charge in [0.1, 0.15) is 5.82 Å². The van der Waals surface area contributed by atoms with Crippen molar-refractivity contribution >= 4 is 11.5 Å². The van der Waals surface area contributed by atoms with Crippen LogP contribution in [0.2, 0.25) is 0 Å². The van der Waals surface area contributed by atoms with E-state index in [2.05, 4.69) is 24.1 Å². The molecule has 82 valence electrons. The van der Waals surface area contributed by atoms with E-state index in [4.69, 9.17) is 5.41 Å². The maximum absolute atomic E-state index is 7.65. The maximum Gasteiger partial charge on any atom is 0.135 e. The summed E-state index contributed by atoms with van der Waals surface area (Å²) in [5.41, 5.74) is 1.45. The molecular formula is C12H19N3. The van der Waals surface area contributed by atoms with Crippen LogP contribution in [-0.2, 0) is 0 Å². The number of nitrogens with one attached hydrogen (secondary N) is 2. The Labute approximate surface area is 91.4 Å². The van der Waals surface area contributed by atoms with Crippen LogP contribution in [0.1, 0.15) is 39.2 Å². The van der Waals surface area contributed by atoms with E-state index in [0.29, 0.717) is 11.8 Å². The van der Waals surface area contributed by atoms with Crippen LogP contribution in [0.25, 0.3) is 0 Å². The van der Waals surface area contributed by atoms with Gasteiger partial charge in [0.25, 0.3) is 0 Å². The van der Waals surface area contributed by atoms with Crippen LogP contribution in [-0.4, -0.2) is 16.7 Å². The average molecular weight is 205 g/mol. The van der Waals surface area contributed by atoms with Gasteiger partial charge >= 0.3 is 0 Å². The Morgan fingerprint density at radius 3 is 2.67 bits per heavy atom. The third-order valence-corrected chi connectivity index (χ3v) is 2.54. The molecule has 0 unspecified atom stereocenters. The highest BCUT2D eigenvalue weighted by Gasteiger charge is 2.08. The average Bonchev–Trinajstić information content (AvgIpc) is 2.26. The fourth-order valence-electron chi connectivity index (χ4n) is 1.51. The third kappa shape index (κ3) is 3.05. The smallest absolute Gasteiger partial charge is 0.135 e. The van der Waals surface area contributed by atoms with Crippen LogP contribution >= 0.6 is 0 Å². The third-order valence-electron chi connectivity index (χ3n) is 2.54. The van der Waals surface area contributed by atoms with Crippen LogP contribution in [0.15, 0.2) is 18.3 Å². The zero-order valence-corrected chi connectivity index (χ0v) is 9.67. The van der Waals surface area contributed by atoms with Gasteiger partial charge in [-0.25, -0.2) is 4.98 Å². The van der Waals surface area contributed by atoms with Gasteiger partial charge < -0.3 is 10.7 Å². The number of hydrogen-bond donors (Lipinski definition) is 2. The van der Waals surface area contributed by atoms with Gasteiger partial charge in [-0.1, -0.05) is 13.8 Å². The second-order valence-electron chi connectivity index (χ2n) is 3.68.